The van der Waals surface area contributed by atoms with Crippen molar-refractivity contribution in [2.45, 2.75) is 39.7 Å². The summed E-state index contributed by atoms with van der Waals surface area (Å²) in [5.74, 6) is 2.41. The van der Waals surface area contributed by atoms with Crippen LogP contribution in [0.3, 0.4) is 0 Å². The van der Waals surface area contributed by atoms with E-state index in [2.05, 4.69) is 41.0 Å². The average molecular weight is 264 g/mol. The van der Waals surface area contributed by atoms with E-state index >= 15 is 0 Å². The maximum Gasteiger partial charge on any atom is 0.137 e. The van der Waals surface area contributed by atoms with Gasteiger partial charge in [-0.15, -0.1) is 0 Å². The van der Waals surface area contributed by atoms with Gasteiger partial charge in [-0.3, -0.25) is 0 Å². The summed E-state index contributed by atoms with van der Waals surface area (Å²) >= 11 is 0. The van der Waals surface area contributed by atoms with Gasteiger partial charge >= 0.3 is 0 Å². The quantitative estimate of drug-likeness (QED) is 0.847. The maximum absolute atomic E-state index is 9.60. The summed E-state index contributed by atoms with van der Waals surface area (Å²) < 4.78 is 0. The SMILES string of the molecule is CCNc1ncnc(N2CCC(C)C2CO)c1CC. The molecule has 2 rings (SSSR count). The number of anilines is 2. The highest BCUT2D eigenvalue weighted by atomic mass is 16.3. The van der Waals surface area contributed by atoms with Crippen LogP contribution in [0, 0.1) is 5.92 Å². The molecule has 0 aromatic carbocycles. The van der Waals surface area contributed by atoms with E-state index in [-0.39, 0.29) is 12.6 Å². The molecule has 1 aliphatic rings. The van der Waals surface area contributed by atoms with E-state index in [4.69, 9.17) is 0 Å². The molecule has 0 spiro atoms. The van der Waals surface area contributed by atoms with Crippen molar-refractivity contribution in [1.82, 2.24) is 9.97 Å². The predicted octanol–water partition coefficient (Wildman–Crippen LogP) is 1.68. The van der Waals surface area contributed by atoms with Crippen LogP contribution in [-0.2, 0) is 6.42 Å². The zero-order chi connectivity index (χ0) is 13.8. The van der Waals surface area contributed by atoms with Gasteiger partial charge in [0.15, 0.2) is 0 Å². The first kappa shape index (κ1) is 14.1. The second-order valence-corrected chi connectivity index (χ2v) is 5.12. The Kier molecular flexibility index (Phi) is 4.58. The van der Waals surface area contributed by atoms with Gasteiger partial charge in [0.1, 0.15) is 18.0 Å². The van der Waals surface area contributed by atoms with Crippen LogP contribution in [-0.4, -0.2) is 40.8 Å². The van der Waals surface area contributed by atoms with Crippen molar-refractivity contribution in [2.24, 2.45) is 5.92 Å². The molecule has 2 N–H and O–H groups in total. The van der Waals surface area contributed by atoms with Gasteiger partial charge < -0.3 is 15.3 Å². The van der Waals surface area contributed by atoms with Crippen molar-refractivity contribution in [3.8, 4) is 0 Å². The van der Waals surface area contributed by atoms with Gasteiger partial charge in [0.05, 0.1) is 12.6 Å². The van der Waals surface area contributed by atoms with Crippen LogP contribution in [0.15, 0.2) is 6.33 Å². The van der Waals surface area contributed by atoms with E-state index in [0.29, 0.717) is 5.92 Å². The van der Waals surface area contributed by atoms with E-state index in [1.54, 1.807) is 6.33 Å². The molecule has 19 heavy (non-hydrogen) atoms. The molecule has 1 saturated heterocycles. The zero-order valence-electron chi connectivity index (χ0n) is 12.1. The molecule has 2 atom stereocenters. The Bertz CT molecular complexity index is 424. The summed E-state index contributed by atoms with van der Waals surface area (Å²) in [6.45, 7) is 8.38. The third-order valence-corrected chi connectivity index (χ3v) is 3.96. The molecular formula is C14H24N4O. The lowest BCUT2D eigenvalue weighted by atomic mass is 10.0. The van der Waals surface area contributed by atoms with E-state index in [1.807, 2.05) is 0 Å². The fraction of sp³-hybridized carbons (Fsp3) is 0.714. The van der Waals surface area contributed by atoms with E-state index in [0.717, 1.165) is 43.1 Å². The molecule has 1 aromatic heterocycles. The zero-order valence-corrected chi connectivity index (χ0v) is 12.1. The van der Waals surface area contributed by atoms with Crippen molar-refractivity contribution in [1.29, 1.82) is 0 Å². The molecule has 0 bridgehead atoms. The van der Waals surface area contributed by atoms with Gasteiger partial charge in [-0.25, -0.2) is 9.97 Å². The Morgan fingerprint density at radius 3 is 2.84 bits per heavy atom. The van der Waals surface area contributed by atoms with E-state index < -0.39 is 0 Å². The topological polar surface area (TPSA) is 61.3 Å². The summed E-state index contributed by atoms with van der Waals surface area (Å²) in [4.78, 5) is 11.0. The van der Waals surface area contributed by atoms with Crippen LogP contribution >= 0.6 is 0 Å². The predicted molar refractivity (Wildman–Crippen MR) is 77.6 cm³/mol. The Morgan fingerprint density at radius 2 is 2.21 bits per heavy atom. The van der Waals surface area contributed by atoms with E-state index in [9.17, 15) is 5.11 Å². The Balaban J connectivity index is 2.36. The molecular weight excluding hydrogens is 240 g/mol. The average Bonchev–Trinajstić information content (AvgIpc) is 2.79. The number of rotatable bonds is 5. The Labute approximate surface area is 115 Å². The molecule has 5 nitrogen and oxygen atoms in total. The lowest BCUT2D eigenvalue weighted by Crippen LogP contribution is -2.36. The Morgan fingerprint density at radius 1 is 1.42 bits per heavy atom. The fourth-order valence-electron chi connectivity index (χ4n) is 2.85. The molecule has 0 amide bonds. The lowest BCUT2D eigenvalue weighted by molar-refractivity contribution is 0.244. The molecule has 1 aliphatic heterocycles. The van der Waals surface area contributed by atoms with Gasteiger partial charge in [-0.2, -0.15) is 0 Å². The van der Waals surface area contributed by atoms with Crippen LogP contribution in [0.4, 0.5) is 11.6 Å². The van der Waals surface area contributed by atoms with Gasteiger partial charge in [-0.1, -0.05) is 13.8 Å². The van der Waals surface area contributed by atoms with Crippen molar-refractivity contribution >= 4 is 11.6 Å². The summed E-state index contributed by atoms with van der Waals surface area (Å²) in [6, 6.07) is 0.176. The molecule has 0 saturated carbocycles. The minimum absolute atomic E-state index is 0.176. The van der Waals surface area contributed by atoms with Gasteiger partial charge in [-0.05, 0) is 25.7 Å². The summed E-state index contributed by atoms with van der Waals surface area (Å²) in [5.41, 5.74) is 1.15. The highest BCUT2D eigenvalue weighted by Crippen LogP contribution is 2.32. The Hall–Kier alpha value is -1.36. The molecule has 5 heteroatoms. The molecule has 106 valence electrons. The van der Waals surface area contributed by atoms with Crippen LogP contribution in [0.2, 0.25) is 0 Å². The summed E-state index contributed by atoms with van der Waals surface area (Å²) in [7, 11) is 0. The fourth-order valence-corrected chi connectivity index (χ4v) is 2.85. The van der Waals surface area contributed by atoms with Crippen molar-refractivity contribution in [3.63, 3.8) is 0 Å². The molecule has 1 aromatic rings. The van der Waals surface area contributed by atoms with Crippen molar-refractivity contribution in [2.75, 3.05) is 29.9 Å². The smallest absolute Gasteiger partial charge is 0.137 e. The maximum atomic E-state index is 9.60. The number of aliphatic hydroxyl groups excluding tert-OH is 1. The number of hydrogen-bond donors (Lipinski definition) is 2. The first-order valence-electron chi connectivity index (χ1n) is 7.18. The van der Waals surface area contributed by atoms with Crippen LogP contribution in [0.1, 0.15) is 32.8 Å². The monoisotopic (exact) mass is 264 g/mol. The number of nitrogens with one attached hydrogen (secondary N) is 1. The second kappa shape index (κ2) is 6.19. The third kappa shape index (κ3) is 2.66. The summed E-state index contributed by atoms with van der Waals surface area (Å²) in [5, 5.41) is 12.9. The first-order valence-corrected chi connectivity index (χ1v) is 7.18. The number of aliphatic hydroxyl groups is 1. The summed E-state index contributed by atoms with van der Waals surface area (Å²) in [6.07, 6.45) is 3.61. The number of aromatic nitrogens is 2. The highest BCUT2D eigenvalue weighted by molar-refractivity contribution is 5.59. The lowest BCUT2D eigenvalue weighted by Gasteiger charge is -2.28. The minimum atomic E-state index is 0.176. The first-order chi connectivity index (χ1) is 9.22. The van der Waals surface area contributed by atoms with E-state index in [1.165, 1.54) is 0 Å². The molecule has 2 heterocycles. The van der Waals surface area contributed by atoms with Gasteiger partial charge in [0.2, 0.25) is 0 Å². The highest BCUT2D eigenvalue weighted by Gasteiger charge is 2.33. The van der Waals surface area contributed by atoms with Crippen molar-refractivity contribution < 1.29 is 5.11 Å². The van der Waals surface area contributed by atoms with Crippen LogP contribution < -0.4 is 10.2 Å². The third-order valence-electron chi connectivity index (χ3n) is 3.96. The van der Waals surface area contributed by atoms with Crippen LogP contribution in [0.5, 0.6) is 0 Å². The second-order valence-electron chi connectivity index (χ2n) is 5.12. The molecule has 1 fully saturated rings. The van der Waals surface area contributed by atoms with Gasteiger partial charge in [0.25, 0.3) is 0 Å². The molecule has 0 radical (unpaired) electrons. The standard InChI is InChI=1S/C14H24N4O/c1-4-11-13(15-5-2)16-9-17-14(11)18-7-6-10(3)12(18)8-19/h9-10,12,19H,4-8H2,1-3H3,(H,15,16,17). The van der Waals surface area contributed by atoms with Crippen molar-refractivity contribution in [3.05, 3.63) is 11.9 Å². The molecule has 2 unspecified atom stereocenters. The normalized spacial score (nSPS) is 22.8. The largest absolute Gasteiger partial charge is 0.394 e. The number of hydrogen-bond acceptors (Lipinski definition) is 5. The number of nitrogens with zero attached hydrogens (tertiary/aromatic N) is 3. The minimum Gasteiger partial charge on any atom is -0.394 e. The van der Waals surface area contributed by atoms with Crippen LogP contribution in [0.25, 0.3) is 0 Å². The van der Waals surface area contributed by atoms with Gasteiger partial charge in [0, 0.05) is 18.7 Å². The molecule has 0 aliphatic carbocycles.